The van der Waals surface area contributed by atoms with Gasteiger partial charge >= 0.3 is 5.97 Å². The van der Waals surface area contributed by atoms with Gasteiger partial charge in [-0.05, 0) is 42.5 Å². The van der Waals surface area contributed by atoms with E-state index in [0.29, 0.717) is 11.8 Å². The van der Waals surface area contributed by atoms with Gasteiger partial charge in [-0.1, -0.05) is 0 Å². The molecule has 1 saturated heterocycles. The highest BCUT2D eigenvalue weighted by Crippen LogP contribution is 2.28. The third-order valence-electron chi connectivity index (χ3n) is 4.76. The maximum absolute atomic E-state index is 13.3. The molecule has 3 rings (SSSR count). The largest absolute Gasteiger partial charge is 0.497 e. The standard InChI is InChI=1S/C20H19F2NO7S/c1-29-14-3-5-15(6-4-14)31(27,28)23-10-13(24)9-18(23)20(26)30-11-19(25)12-2-7-16(21)17(22)8-12/h2-8,13,18,24H,9-11H2,1H3/t13-,18-/m0/s1. The van der Waals surface area contributed by atoms with E-state index in [0.717, 1.165) is 16.4 Å². The van der Waals surface area contributed by atoms with E-state index in [1.54, 1.807) is 0 Å². The minimum Gasteiger partial charge on any atom is -0.497 e. The zero-order chi connectivity index (χ0) is 22.8. The number of hydrogen-bond acceptors (Lipinski definition) is 7. The van der Waals surface area contributed by atoms with Crippen LogP contribution in [0.5, 0.6) is 5.75 Å². The second-order valence-corrected chi connectivity index (χ2v) is 8.71. The van der Waals surface area contributed by atoms with Gasteiger partial charge in [-0.15, -0.1) is 0 Å². The van der Waals surface area contributed by atoms with Crippen molar-refractivity contribution in [2.45, 2.75) is 23.5 Å². The van der Waals surface area contributed by atoms with Gasteiger partial charge in [0.25, 0.3) is 0 Å². The SMILES string of the molecule is COc1ccc(S(=O)(=O)N2C[C@@H](O)C[C@H]2C(=O)OCC(=O)c2ccc(F)c(F)c2)cc1. The fourth-order valence-electron chi connectivity index (χ4n) is 3.13. The van der Waals surface area contributed by atoms with E-state index in [4.69, 9.17) is 9.47 Å². The Morgan fingerprint density at radius 2 is 1.81 bits per heavy atom. The van der Waals surface area contributed by atoms with Crippen LogP contribution in [0.3, 0.4) is 0 Å². The lowest BCUT2D eigenvalue weighted by molar-refractivity contribution is -0.146. The van der Waals surface area contributed by atoms with Crippen molar-refractivity contribution >= 4 is 21.8 Å². The number of sulfonamides is 1. The smallest absolute Gasteiger partial charge is 0.325 e. The van der Waals surface area contributed by atoms with E-state index in [-0.39, 0.29) is 23.4 Å². The third-order valence-corrected chi connectivity index (χ3v) is 6.65. The number of halogens is 2. The monoisotopic (exact) mass is 455 g/mol. The number of ether oxygens (including phenoxy) is 2. The number of carbonyl (C=O) groups is 2. The molecule has 8 nitrogen and oxygen atoms in total. The molecule has 31 heavy (non-hydrogen) atoms. The Morgan fingerprint density at radius 3 is 2.42 bits per heavy atom. The predicted octanol–water partition coefficient (Wildman–Crippen LogP) is 1.52. The molecule has 2 atom stereocenters. The number of rotatable bonds is 7. The second-order valence-electron chi connectivity index (χ2n) is 6.82. The van der Waals surface area contributed by atoms with Crippen molar-refractivity contribution in [1.82, 2.24) is 4.31 Å². The Balaban J connectivity index is 1.72. The Labute approximate surface area is 177 Å². The van der Waals surface area contributed by atoms with Crippen LogP contribution in [-0.4, -0.2) is 62.0 Å². The summed E-state index contributed by atoms with van der Waals surface area (Å²) in [6.45, 7) is -1.13. The average molecular weight is 455 g/mol. The summed E-state index contributed by atoms with van der Waals surface area (Å²) < 4.78 is 62.9. The van der Waals surface area contributed by atoms with Crippen molar-refractivity contribution in [2.75, 3.05) is 20.3 Å². The molecular weight excluding hydrogens is 436 g/mol. The third kappa shape index (κ3) is 4.89. The second kappa shape index (κ2) is 9.08. The summed E-state index contributed by atoms with van der Waals surface area (Å²) in [6.07, 6.45) is -1.32. The topological polar surface area (TPSA) is 110 Å². The quantitative estimate of drug-likeness (QED) is 0.498. The lowest BCUT2D eigenvalue weighted by Gasteiger charge is -2.22. The maximum Gasteiger partial charge on any atom is 0.325 e. The molecule has 0 amide bonds. The van der Waals surface area contributed by atoms with Crippen molar-refractivity contribution in [3.63, 3.8) is 0 Å². The van der Waals surface area contributed by atoms with Crippen molar-refractivity contribution < 1.29 is 41.4 Å². The summed E-state index contributed by atoms with van der Waals surface area (Å²) in [4.78, 5) is 24.5. The molecule has 0 bridgehead atoms. The Bertz CT molecular complexity index is 1090. The summed E-state index contributed by atoms with van der Waals surface area (Å²) in [5, 5.41) is 9.95. The van der Waals surface area contributed by atoms with Crippen LogP contribution in [0, 0.1) is 11.6 Å². The normalized spacial score (nSPS) is 19.2. The molecule has 1 fully saturated rings. The molecule has 0 radical (unpaired) electrons. The van der Waals surface area contributed by atoms with Crippen LogP contribution < -0.4 is 4.74 Å². The molecule has 0 aliphatic carbocycles. The van der Waals surface area contributed by atoms with Crippen LogP contribution in [-0.2, 0) is 19.6 Å². The maximum atomic E-state index is 13.3. The number of Topliss-reactive ketones (excluding diaryl/α,β-unsaturated/α-hetero) is 1. The molecule has 1 heterocycles. The van der Waals surface area contributed by atoms with E-state index in [1.165, 1.54) is 31.4 Å². The van der Waals surface area contributed by atoms with Gasteiger partial charge in [0.1, 0.15) is 11.8 Å². The highest BCUT2D eigenvalue weighted by atomic mass is 32.2. The van der Waals surface area contributed by atoms with E-state index in [1.807, 2.05) is 0 Å². The Kier molecular flexibility index (Phi) is 6.68. The first-order chi connectivity index (χ1) is 14.6. The van der Waals surface area contributed by atoms with Crippen molar-refractivity contribution in [3.8, 4) is 5.75 Å². The zero-order valence-electron chi connectivity index (χ0n) is 16.3. The highest BCUT2D eigenvalue weighted by molar-refractivity contribution is 7.89. The molecule has 11 heteroatoms. The van der Waals surface area contributed by atoms with Crippen LogP contribution in [0.25, 0.3) is 0 Å². The summed E-state index contributed by atoms with van der Waals surface area (Å²) in [6, 6.07) is 6.60. The molecule has 2 aromatic rings. The first-order valence-electron chi connectivity index (χ1n) is 9.12. The van der Waals surface area contributed by atoms with Crippen molar-refractivity contribution in [2.24, 2.45) is 0 Å². The summed E-state index contributed by atoms with van der Waals surface area (Å²) in [5.74, 6) is -3.76. The molecule has 2 aromatic carbocycles. The number of aliphatic hydroxyl groups excluding tert-OH is 1. The van der Waals surface area contributed by atoms with Gasteiger partial charge < -0.3 is 14.6 Å². The number of hydrogen-bond donors (Lipinski definition) is 1. The predicted molar refractivity (Wildman–Crippen MR) is 103 cm³/mol. The number of esters is 1. The number of carbonyl (C=O) groups excluding carboxylic acids is 2. The summed E-state index contributed by atoms with van der Waals surface area (Å²) in [5.41, 5.74) is -0.208. The van der Waals surface area contributed by atoms with E-state index >= 15 is 0 Å². The van der Waals surface area contributed by atoms with Gasteiger partial charge in [-0.25, -0.2) is 17.2 Å². The summed E-state index contributed by atoms with van der Waals surface area (Å²) in [7, 11) is -2.73. The first kappa shape index (κ1) is 22.8. The number of β-amino-alcohol motifs (C(OH)–C–C–N with tert-alkyl or cyclic N) is 1. The van der Waals surface area contributed by atoms with Gasteiger partial charge in [0.05, 0.1) is 18.1 Å². The number of ketones is 1. The van der Waals surface area contributed by atoms with Crippen LogP contribution >= 0.6 is 0 Å². The lowest BCUT2D eigenvalue weighted by atomic mass is 10.1. The fourth-order valence-corrected chi connectivity index (χ4v) is 4.76. The molecule has 1 aliphatic heterocycles. The Hall–Kier alpha value is -2.89. The van der Waals surface area contributed by atoms with Crippen LogP contribution in [0.15, 0.2) is 47.4 Å². The van der Waals surface area contributed by atoms with Gasteiger partial charge in [-0.2, -0.15) is 4.31 Å². The number of aliphatic hydroxyl groups is 1. The lowest BCUT2D eigenvalue weighted by Crippen LogP contribution is -2.41. The average Bonchev–Trinajstić information content (AvgIpc) is 3.16. The van der Waals surface area contributed by atoms with E-state index in [9.17, 15) is 31.9 Å². The minimum absolute atomic E-state index is 0.113. The zero-order valence-corrected chi connectivity index (χ0v) is 17.1. The first-order valence-corrected chi connectivity index (χ1v) is 10.6. The van der Waals surface area contributed by atoms with Gasteiger partial charge in [0.15, 0.2) is 24.0 Å². The van der Waals surface area contributed by atoms with Crippen molar-refractivity contribution in [1.29, 1.82) is 0 Å². The van der Waals surface area contributed by atoms with Crippen molar-refractivity contribution in [3.05, 3.63) is 59.7 Å². The molecule has 0 saturated carbocycles. The minimum atomic E-state index is -4.15. The fraction of sp³-hybridized carbons (Fsp3) is 0.300. The molecule has 1 aliphatic rings. The van der Waals surface area contributed by atoms with Crippen LogP contribution in [0.2, 0.25) is 0 Å². The molecule has 0 spiro atoms. The molecule has 0 aromatic heterocycles. The van der Waals surface area contributed by atoms with E-state index < -0.39 is 52.2 Å². The number of nitrogens with zero attached hydrogens (tertiary/aromatic N) is 1. The molecule has 166 valence electrons. The van der Waals surface area contributed by atoms with Gasteiger partial charge in [0, 0.05) is 18.5 Å². The summed E-state index contributed by atoms with van der Waals surface area (Å²) >= 11 is 0. The van der Waals surface area contributed by atoms with Crippen LogP contribution in [0.4, 0.5) is 8.78 Å². The van der Waals surface area contributed by atoms with Gasteiger partial charge in [-0.3, -0.25) is 9.59 Å². The highest BCUT2D eigenvalue weighted by Gasteiger charge is 2.44. The van der Waals surface area contributed by atoms with E-state index in [2.05, 4.69) is 0 Å². The molecule has 1 N–H and O–H groups in total. The number of methoxy groups -OCH3 is 1. The van der Waals surface area contributed by atoms with Gasteiger partial charge in [0.2, 0.25) is 10.0 Å². The number of benzene rings is 2. The van der Waals surface area contributed by atoms with Crippen LogP contribution in [0.1, 0.15) is 16.8 Å². The molecular formula is C20H19F2NO7S. The molecule has 0 unspecified atom stereocenters. The Morgan fingerprint density at radius 1 is 1.13 bits per heavy atom.